The van der Waals surface area contributed by atoms with Gasteiger partial charge < -0.3 is 19.3 Å². The summed E-state index contributed by atoms with van der Waals surface area (Å²) in [5, 5.41) is 8.58. The molecule has 0 radical (unpaired) electrons. The average molecular weight is 220 g/mol. The van der Waals surface area contributed by atoms with E-state index in [-0.39, 0.29) is 19.8 Å². The number of carbonyl (C=O) groups is 2. The summed E-state index contributed by atoms with van der Waals surface area (Å²) in [5.41, 5.74) is 0. The van der Waals surface area contributed by atoms with E-state index in [4.69, 9.17) is 5.11 Å². The second kappa shape index (κ2) is 8.19. The van der Waals surface area contributed by atoms with E-state index in [1.807, 2.05) is 0 Å². The van der Waals surface area contributed by atoms with Gasteiger partial charge in [0.2, 0.25) is 0 Å². The van der Waals surface area contributed by atoms with Crippen molar-refractivity contribution in [3.05, 3.63) is 0 Å². The summed E-state index contributed by atoms with van der Waals surface area (Å²) < 4.78 is 13.9. The van der Waals surface area contributed by atoms with E-state index in [9.17, 15) is 9.59 Å². The van der Waals surface area contributed by atoms with Gasteiger partial charge in [0, 0.05) is 7.11 Å². The van der Waals surface area contributed by atoms with Crippen molar-refractivity contribution in [1.82, 2.24) is 0 Å². The molecular formula is C9H16O6. The number of ether oxygens (including phenoxy) is 3. The van der Waals surface area contributed by atoms with E-state index in [0.29, 0.717) is 0 Å². The summed E-state index contributed by atoms with van der Waals surface area (Å²) in [4.78, 5) is 21.9. The van der Waals surface area contributed by atoms with Crippen LogP contribution in [-0.4, -0.2) is 50.1 Å². The van der Waals surface area contributed by atoms with E-state index >= 15 is 0 Å². The van der Waals surface area contributed by atoms with Crippen molar-refractivity contribution >= 4 is 11.9 Å². The van der Waals surface area contributed by atoms with E-state index < -0.39 is 24.5 Å². The molecule has 6 nitrogen and oxygen atoms in total. The lowest BCUT2D eigenvalue weighted by Crippen LogP contribution is -2.22. The quantitative estimate of drug-likeness (QED) is 0.353. The van der Waals surface area contributed by atoms with Crippen LogP contribution in [-0.2, 0) is 23.8 Å². The van der Waals surface area contributed by atoms with Crippen LogP contribution in [0.5, 0.6) is 0 Å². The van der Waals surface area contributed by atoms with Crippen LogP contribution in [0.15, 0.2) is 0 Å². The molecule has 0 spiro atoms. The summed E-state index contributed by atoms with van der Waals surface area (Å²) in [7, 11) is 1.48. The molecule has 0 saturated carbocycles. The fourth-order valence-corrected chi connectivity index (χ4v) is 0.711. The van der Waals surface area contributed by atoms with Crippen molar-refractivity contribution in [2.45, 2.75) is 19.4 Å². The lowest BCUT2D eigenvalue weighted by molar-refractivity contribution is -0.158. The first-order valence-electron chi connectivity index (χ1n) is 4.55. The van der Waals surface area contributed by atoms with Gasteiger partial charge in [-0.1, -0.05) is 0 Å². The molecule has 0 aliphatic heterocycles. The Morgan fingerprint density at radius 3 is 2.47 bits per heavy atom. The van der Waals surface area contributed by atoms with Crippen molar-refractivity contribution in [3.63, 3.8) is 0 Å². The van der Waals surface area contributed by atoms with Gasteiger partial charge in [-0.2, -0.15) is 0 Å². The molecule has 0 bridgehead atoms. The van der Waals surface area contributed by atoms with Crippen molar-refractivity contribution < 1.29 is 28.9 Å². The van der Waals surface area contributed by atoms with Gasteiger partial charge in [-0.25, -0.2) is 0 Å². The predicted octanol–water partition coefficient (Wildman–Crippen LogP) is -0.510. The molecule has 0 aromatic rings. The maximum absolute atomic E-state index is 11.0. The molecule has 15 heavy (non-hydrogen) atoms. The van der Waals surface area contributed by atoms with Gasteiger partial charge in [-0.15, -0.1) is 0 Å². The molecule has 88 valence electrons. The maximum atomic E-state index is 11.0. The summed E-state index contributed by atoms with van der Waals surface area (Å²) in [5.74, 6) is -1.37. The van der Waals surface area contributed by atoms with E-state index in [2.05, 4.69) is 14.2 Å². The van der Waals surface area contributed by atoms with Crippen LogP contribution in [0.1, 0.15) is 13.3 Å². The summed E-state index contributed by atoms with van der Waals surface area (Å²) in [6.07, 6.45) is -1.06. The molecule has 0 rings (SSSR count). The van der Waals surface area contributed by atoms with Crippen LogP contribution in [0.3, 0.4) is 0 Å². The highest BCUT2D eigenvalue weighted by Crippen LogP contribution is 1.95. The minimum absolute atomic E-state index is 0.109. The first-order valence-corrected chi connectivity index (χ1v) is 4.55. The molecule has 0 aliphatic carbocycles. The van der Waals surface area contributed by atoms with Gasteiger partial charge in [0.25, 0.3) is 0 Å². The molecule has 1 atom stereocenters. The van der Waals surface area contributed by atoms with Crippen molar-refractivity contribution in [3.8, 4) is 0 Å². The Morgan fingerprint density at radius 1 is 1.27 bits per heavy atom. The summed E-state index contributed by atoms with van der Waals surface area (Å²) in [6, 6.07) is 0. The number of hydrogen-bond acceptors (Lipinski definition) is 6. The third-order valence-electron chi connectivity index (χ3n) is 1.43. The zero-order chi connectivity index (χ0) is 11.7. The van der Waals surface area contributed by atoms with Crippen LogP contribution in [0, 0.1) is 0 Å². The lowest BCUT2D eigenvalue weighted by atomic mass is 10.4. The molecule has 0 heterocycles. The monoisotopic (exact) mass is 220 g/mol. The van der Waals surface area contributed by atoms with Gasteiger partial charge in [0.05, 0.1) is 13.2 Å². The van der Waals surface area contributed by atoms with Gasteiger partial charge in [-0.3, -0.25) is 9.59 Å². The fraction of sp³-hybridized carbons (Fsp3) is 0.778. The Balaban J connectivity index is 3.62. The minimum atomic E-state index is -0.709. The molecule has 0 aromatic heterocycles. The SMILES string of the molecule is COCCOC(=O)CC(=O)OC(C)CO. The largest absolute Gasteiger partial charge is 0.463 e. The van der Waals surface area contributed by atoms with Crippen LogP contribution in [0.4, 0.5) is 0 Å². The topological polar surface area (TPSA) is 82.1 Å². The van der Waals surface area contributed by atoms with E-state index in [1.54, 1.807) is 0 Å². The Morgan fingerprint density at radius 2 is 1.93 bits per heavy atom. The highest BCUT2D eigenvalue weighted by atomic mass is 16.6. The number of rotatable bonds is 7. The third-order valence-corrected chi connectivity index (χ3v) is 1.43. The second-order valence-electron chi connectivity index (χ2n) is 2.87. The average Bonchev–Trinajstić information content (AvgIpc) is 2.17. The number of esters is 2. The number of carbonyl (C=O) groups excluding carboxylic acids is 2. The van der Waals surface area contributed by atoms with Crippen molar-refractivity contribution in [2.75, 3.05) is 26.9 Å². The number of hydrogen-bond donors (Lipinski definition) is 1. The first-order chi connectivity index (χ1) is 7.10. The molecule has 0 aromatic carbocycles. The predicted molar refractivity (Wildman–Crippen MR) is 50.1 cm³/mol. The molecule has 1 N–H and O–H groups in total. The first kappa shape index (κ1) is 13.9. The highest BCUT2D eigenvalue weighted by Gasteiger charge is 2.14. The smallest absolute Gasteiger partial charge is 0.317 e. The zero-order valence-electron chi connectivity index (χ0n) is 8.89. The molecule has 0 fully saturated rings. The minimum Gasteiger partial charge on any atom is -0.463 e. The summed E-state index contributed by atoms with van der Waals surface area (Å²) in [6.45, 7) is 1.64. The summed E-state index contributed by atoms with van der Waals surface area (Å²) >= 11 is 0. The zero-order valence-corrected chi connectivity index (χ0v) is 8.89. The Hall–Kier alpha value is -1.14. The van der Waals surface area contributed by atoms with Gasteiger partial charge in [0.1, 0.15) is 19.1 Å². The molecule has 1 unspecified atom stereocenters. The van der Waals surface area contributed by atoms with E-state index in [1.165, 1.54) is 14.0 Å². The van der Waals surface area contributed by atoms with Gasteiger partial charge in [-0.05, 0) is 6.92 Å². The third kappa shape index (κ3) is 7.90. The Labute approximate surface area is 88.1 Å². The fourth-order valence-electron chi connectivity index (χ4n) is 0.711. The number of aliphatic hydroxyl groups excluding tert-OH is 1. The maximum Gasteiger partial charge on any atom is 0.317 e. The van der Waals surface area contributed by atoms with Crippen LogP contribution in [0.25, 0.3) is 0 Å². The van der Waals surface area contributed by atoms with Gasteiger partial charge >= 0.3 is 11.9 Å². The number of methoxy groups -OCH3 is 1. The van der Waals surface area contributed by atoms with Gasteiger partial charge in [0.15, 0.2) is 0 Å². The van der Waals surface area contributed by atoms with E-state index in [0.717, 1.165) is 0 Å². The molecule has 6 heteroatoms. The Kier molecular flexibility index (Phi) is 7.57. The molecule has 0 aliphatic rings. The standard InChI is InChI=1S/C9H16O6/c1-7(6-10)15-9(12)5-8(11)14-4-3-13-2/h7,10H,3-6H2,1-2H3. The Bertz CT molecular complexity index is 203. The van der Waals surface area contributed by atoms with Crippen LogP contribution >= 0.6 is 0 Å². The normalized spacial score (nSPS) is 11.9. The molecule has 0 saturated heterocycles. The van der Waals surface area contributed by atoms with Crippen molar-refractivity contribution in [2.24, 2.45) is 0 Å². The van der Waals surface area contributed by atoms with Crippen LogP contribution in [0.2, 0.25) is 0 Å². The lowest BCUT2D eigenvalue weighted by Gasteiger charge is -2.09. The highest BCUT2D eigenvalue weighted by molar-refractivity contribution is 5.91. The molecule has 0 amide bonds. The van der Waals surface area contributed by atoms with Crippen LogP contribution < -0.4 is 0 Å². The second-order valence-corrected chi connectivity index (χ2v) is 2.87. The number of aliphatic hydroxyl groups is 1. The van der Waals surface area contributed by atoms with Crippen molar-refractivity contribution in [1.29, 1.82) is 0 Å². The molecular weight excluding hydrogens is 204 g/mol.